The quantitative estimate of drug-likeness (QED) is 0.451. The molecule has 0 saturated heterocycles. The fourth-order valence-corrected chi connectivity index (χ4v) is 5.14. The summed E-state index contributed by atoms with van der Waals surface area (Å²) < 4.78 is 37.5. The first-order chi connectivity index (χ1) is 14.5. The zero-order chi connectivity index (χ0) is 22.9. The zero-order valence-electron chi connectivity index (χ0n) is 19.4. The van der Waals surface area contributed by atoms with Crippen LogP contribution in [0.25, 0.3) is 0 Å². The minimum Gasteiger partial charge on any atom is -0.744 e. The lowest BCUT2D eigenvalue weighted by molar-refractivity contribution is -0.574. The van der Waals surface area contributed by atoms with Crippen LogP contribution in [0.4, 0.5) is 5.69 Å². The van der Waals surface area contributed by atoms with Crippen LogP contribution in [0, 0.1) is 5.92 Å². The van der Waals surface area contributed by atoms with Gasteiger partial charge in [-0.05, 0) is 23.8 Å². The Balaban J connectivity index is 2.09. The number of benzene rings is 2. The second kappa shape index (κ2) is 9.13. The van der Waals surface area contributed by atoms with Crippen LogP contribution in [-0.4, -0.2) is 36.5 Å². The molecule has 1 heterocycles. The molecule has 5 nitrogen and oxygen atoms in total. The van der Waals surface area contributed by atoms with Crippen LogP contribution in [0.3, 0.4) is 0 Å². The molecule has 31 heavy (non-hydrogen) atoms. The lowest BCUT2D eigenvalue weighted by Gasteiger charge is -2.22. The van der Waals surface area contributed by atoms with Gasteiger partial charge < -0.3 is 4.55 Å². The van der Waals surface area contributed by atoms with Crippen LogP contribution in [-0.2, 0) is 16.7 Å². The van der Waals surface area contributed by atoms with Crippen LogP contribution in [0.15, 0.2) is 47.4 Å². The monoisotopic (exact) mass is 442 g/mol. The van der Waals surface area contributed by atoms with Gasteiger partial charge in [0.15, 0.2) is 0 Å². The first-order valence-electron chi connectivity index (χ1n) is 11.0. The first-order valence-corrected chi connectivity index (χ1v) is 12.5. The highest BCUT2D eigenvalue weighted by atomic mass is 32.2. The fourth-order valence-electron chi connectivity index (χ4n) is 4.44. The summed E-state index contributed by atoms with van der Waals surface area (Å²) in [5, 5.41) is 0. The Kier molecular flexibility index (Phi) is 6.92. The van der Waals surface area contributed by atoms with Gasteiger partial charge in [-0.2, -0.15) is 0 Å². The summed E-state index contributed by atoms with van der Waals surface area (Å²) in [6, 6.07) is 13.3. The van der Waals surface area contributed by atoms with E-state index >= 15 is 0 Å². The van der Waals surface area contributed by atoms with Crippen molar-refractivity contribution in [3.8, 4) is 0 Å². The van der Waals surface area contributed by atoms with Gasteiger partial charge in [-0.3, -0.25) is 4.58 Å². The fraction of sp³-hybridized carbons (Fsp3) is 0.480. The van der Waals surface area contributed by atoms with Crippen molar-refractivity contribution in [3.05, 3.63) is 59.2 Å². The largest absolute Gasteiger partial charge is 0.744 e. The Hall–Kier alpha value is -2.18. The molecule has 0 N–H and O–H groups in total. The van der Waals surface area contributed by atoms with E-state index in [1.54, 1.807) is 18.2 Å². The zero-order valence-corrected chi connectivity index (χ0v) is 20.2. The second-order valence-electron chi connectivity index (χ2n) is 9.41. The Morgan fingerprint density at radius 2 is 1.55 bits per heavy atom. The van der Waals surface area contributed by atoms with E-state index in [-0.39, 0.29) is 10.9 Å². The summed E-state index contributed by atoms with van der Waals surface area (Å²) in [6.07, 6.45) is 2.12. The number of hydrogen-bond acceptors (Lipinski definition) is 4. The minimum absolute atomic E-state index is 0.130. The lowest BCUT2D eigenvalue weighted by Crippen LogP contribution is -2.32. The molecule has 0 radical (unpaired) electrons. The van der Waals surface area contributed by atoms with Crippen molar-refractivity contribution in [2.45, 2.75) is 70.9 Å². The summed E-state index contributed by atoms with van der Waals surface area (Å²) in [7, 11) is -4.52. The van der Waals surface area contributed by atoms with E-state index in [0.717, 1.165) is 6.54 Å². The molecular formula is C25H34N2O3S. The highest BCUT2D eigenvalue weighted by Gasteiger charge is 2.37. The van der Waals surface area contributed by atoms with E-state index in [4.69, 9.17) is 0 Å². The third-order valence-electron chi connectivity index (χ3n) is 6.09. The van der Waals surface area contributed by atoms with Crippen LogP contribution >= 0.6 is 0 Å². The smallest absolute Gasteiger partial charge is 0.240 e. The average Bonchev–Trinajstić information content (AvgIpc) is 3.10. The van der Waals surface area contributed by atoms with Crippen molar-refractivity contribution in [2.75, 3.05) is 11.4 Å². The molecular weight excluding hydrogens is 408 g/mol. The molecule has 6 heteroatoms. The van der Waals surface area contributed by atoms with Gasteiger partial charge in [0.25, 0.3) is 0 Å². The normalized spacial score (nSPS) is 17.2. The van der Waals surface area contributed by atoms with E-state index in [9.17, 15) is 13.0 Å². The van der Waals surface area contributed by atoms with Crippen molar-refractivity contribution in [1.29, 1.82) is 0 Å². The summed E-state index contributed by atoms with van der Waals surface area (Å²) in [5.41, 5.74) is 4.43. The van der Waals surface area contributed by atoms with E-state index < -0.39 is 10.1 Å². The van der Waals surface area contributed by atoms with Gasteiger partial charge in [-0.25, -0.2) is 13.3 Å². The standard InChI is InChI=1S/C25H34N2O3S/c1-17(2)21-11-9-12-22(18(3)4)25(21)27-15-23(19(5)6)26(16-27)14-20-10-7-8-13-24(20)31(28,29)30/h7-13,16-19,23H,14-15H2,1-6H3/t23-/m1/s1. The van der Waals surface area contributed by atoms with Crippen LogP contribution in [0.1, 0.15) is 70.1 Å². The van der Waals surface area contributed by atoms with Gasteiger partial charge >= 0.3 is 0 Å². The van der Waals surface area contributed by atoms with Crippen molar-refractivity contribution in [1.82, 2.24) is 0 Å². The first kappa shape index (κ1) is 23.5. The number of anilines is 1. The third kappa shape index (κ3) is 5.01. The Morgan fingerprint density at radius 1 is 0.968 bits per heavy atom. The van der Waals surface area contributed by atoms with E-state index in [0.29, 0.717) is 29.9 Å². The molecule has 0 aliphatic carbocycles. The molecule has 2 aromatic carbocycles. The number of rotatable bonds is 7. The van der Waals surface area contributed by atoms with Crippen molar-refractivity contribution < 1.29 is 17.5 Å². The highest BCUT2D eigenvalue weighted by molar-refractivity contribution is 7.85. The maximum Gasteiger partial charge on any atom is 0.240 e. The molecule has 0 fully saturated rings. The molecule has 1 atom stereocenters. The van der Waals surface area contributed by atoms with Gasteiger partial charge in [-0.1, -0.05) is 77.9 Å². The predicted molar refractivity (Wildman–Crippen MR) is 125 cm³/mol. The van der Waals surface area contributed by atoms with Gasteiger partial charge in [0.05, 0.1) is 4.90 Å². The van der Waals surface area contributed by atoms with E-state index in [1.165, 1.54) is 22.9 Å². The SMILES string of the molecule is CC(C)c1cccc(C(C)C)c1N1C=[N+](Cc2ccccc2S(=O)(=O)[O-])[C@@H](C(C)C)C1. The second-order valence-corrected chi connectivity index (χ2v) is 10.8. The van der Waals surface area contributed by atoms with Gasteiger partial charge in [0, 0.05) is 16.7 Å². The summed E-state index contributed by atoms with van der Waals surface area (Å²) in [6.45, 7) is 14.4. The molecule has 168 valence electrons. The average molecular weight is 443 g/mol. The van der Waals surface area contributed by atoms with Gasteiger partial charge in [0.2, 0.25) is 6.34 Å². The Bertz CT molecular complexity index is 1050. The highest BCUT2D eigenvalue weighted by Crippen LogP contribution is 2.36. The molecule has 0 amide bonds. The molecule has 0 unspecified atom stereocenters. The van der Waals surface area contributed by atoms with Crippen molar-refractivity contribution >= 4 is 22.1 Å². The van der Waals surface area contributed by atoms with Gasteiger partial charge in [0.1, 0.15) is 34.9 Å². The maximum atomic E-state index is 11.8. The Morgan fingerprint density at radius 3 is 2.06 bits per heavy atom. The minimum atomic E-state index is -4.52. The van der Waals surface area contributed by atoms with Crippen molar-refractivity contribution in [3.63, 3.8) is 0 Å². The van der Waals surface area contributed by atoms with Crippen LogP contribution < -0.4 is 4.90 Å². The molecule has 0 bridgehead atoms. The van der Waals surface area contributed by atoms with E-state index in [2.05, 4.69) is 75.6 Å². The molecule has 3 rings (SSSR count). The number of hydrogen-bond donors (Lipinski definition) is 0. The van der Waals surface area contributed by atoms with Crippen molar-refractivity contribution in [2.24, 2.45) is 5.92 Å². The molecule has 0 spiro atoms. The summed E-state index contributed by atoms with van der Waals surface area (Å²) in [5.74, 6) is 1.14. The molecule has 0 aromatic heterocycles. The number of nitrogens with zero attached hydrogens (tertiary/aromatic N) is 2. The van der Waals surface area contributed by atoms with Gasteiger partial charge in [-0.15, -0.1) is 0 Å². The van der Waals surface area contributed by atoms with Crippen LogP contribution in [0.5, 0.6) is 0 Å². The van der Waals surface area contributed by atoms with Crippen LogP contribution in [0.2, 0.25) is 0 Å². The molecule has 1 aliphatic heterocycles. The Labute approximate surface area is 187 Å². The predicted octanol–water partition coefficient (Wildman–Crippen LogP) is 4.92. The molecule has 1 aliphatic rings. The van der Waals surface area contributed by atoms with E-state index in [1.807, 2.05) is 0 Å². The lowest BCUT2D eigenvalue weighted by atomic mass is 9.91. The molecule has 2 aromatic rings. The maximum absolute atomic E-state index is 11.8. The third-order valence-corrected chi connectivity index (χ3v) is 7.03. The number of para-hydroxylation sites is 1. The molecule has 0 saturated carbocycles. The topological polar surface area (TPSA) is 63.5 Å². The summed E-state index contributed by atoms with van der Waals surface area (Å²) in [4.78, 5) is 2.19. The summed E-state index contributed by atoms with van der Waals surface area (Å²) >= 11 is 0.